The number of nitrogens with one attached hydrogen (secondary N) is 2. The topological polar surface area (TPSA) is 80.6 Å². The lowest BCUT2D eigenvalue weighted by Crippen LogP contribution is -2.20. The molecular formula is C19H18N2O4. The highest BCUT2D eigenvalue weighted by Gasteiger charge is 2.14. The first kappa shape index (κ1) is 16.7. The first-order chi connectivity index (χ1) is 12.1. The van der Waals surface area contributed by atoms with E-state index in [0.717, 1.165) is 12.1 Å². The summed E-state index contributed by atoms with van der Waals surface area (Å²) in [5, 5.41) is 6.41. The number of rotatable bonds is 5. The molecule has 0 aliphatic heterocycles. The van der Waals surface area contributed by atoms with E-state index in [1.54, 1.807) is 30.3 Å². The molecule has 1 aromatic heterocycles. The van der Waals surface area contributed by atoms with Crippen LogP contribution in [0.1, 0.15) is 15.9 Å². The third kappa shape index (κ3) is 3.70. The molecule has 0 saturated heterocycles. The summed E-state index contributed by atoms with van der Waals surface area (Å²) in [6.07, 6.45) is 0. The fourth-order valence-corrected chi connectivity index (χ4v) is 2.49. The van der Waals surface area contributed by atoms with Gasteiger partial charge in [0.25, 0.3) is 5.91 Å². The number of hydrogen-bond acceptors (Lipinski definition) is 5. The van der Waals surface area contributed by atoms with Crippen molar-refractivity contribution in [1.29, 1.82) is 0 Å². The third-order valence-corrected chi connectivity index (χ3v) is 3.78. The zero-order valence-electron chi connectivity index (χ0n) is 14.0. The lowest BCUT2D eigenvalue weighted by molar-refractivity contribution is 0.102. The number of benzene rings is 2. The summed E-state index contributed by atoms with van der Waals surface area (Å²) < 4.78 is 10.3. The molecule has 0 aliphatic rings. The molecule has 25 heavy (non-hydrogen) atoms. The third-order valence-electron chi connectivity index (χ3n) is 3.78. The van der Waals surface area contributed by atoms with Crippen LogP contribution in [-0.2, 0) is 6.54 Å². The second-order valence-electron chi connectivity index (χ2n) is 5.53. The number of carbonyl (C=O) groups excluding carboxylic acids is 1. The summed E-state index contributed by atoms with van der Waals surface area (Å²) >= 11 is 0. The minimum atomic E-state index is -0.690. The van der Waals surface area contributed by atoms with Crippen molar-refractivity contribution in [2.24, 2.45) is 0 Å². The molecule has 3 aromatic rings. The van der Waals surface area contributed by atoms with Gasteiger partial charge in [-0.05, 0) is 42.9 Å². The SMILES string of the molecule is CNCc1ccc(NC(=O)c2cc3ccc(OC)cc3oc2=O)cc1. The van der Waals surface area contributed by atoms with E-state index < -0.39 is 11.5 Å². The van der Waals surface area contributed by atoms with Crippen molar-refractivity contribution in [3.63, 3.8) is 0 Å². The van der Waals surface area contributed by atoms with Crippen LogP contribution in [-0.4, -0.2) is 20.1 Å². The highest BCUT2D eigenvalue weighted by Crippen LogP contribution is 2.20. The van der Waals surface area contributed by atoms with Gasteiger partial charge in [0.1, 0.15) is 16.9 Å². The van der Waals surface area contributed by atoms with E-state index in [1.807, 2.05) is 19.2 Å². The van der Waals surface area contributed by atoms with E-state index in [-0.39, 0.29) is 5.56 Å². The number of carbonyl (C=O) groups is 1. The van der Waals surface area contributed by atoms with E-state index in [2.05, 4.69) is 10.6 Å². The van der Waals surface area contributed by atoms with Crippen LogP contribution >= 0.6 is 0 Å². The van der Waals surface area contributed by atoms with Gasteiger partial charge in [0.2, 0.25) is 0 Å². The molecule has 0 fully saturated rings. The van der Waals surface area contributed by atoms with Gasteiger partial charge in [0.05, 0.1) is 7.11 Å². The molecule has 6 heteroatoms. The van der Waals surface area contributed by atoms with Gasteiger partial charge >= 0.3 is 5.63 Å². The van der Waals surface area contributed by atoms with Gasteiger partial charge in [0, 0.05) is 23.7 Å². The van der Waals surface area contributed by atoms with E-state index >= 15 is 0 Å². The van der Waals surface area contributed by atoms with E-state index in [1.165, 1.54) is 13.2 Å². The van der Waals surface area contributed by atoms with Gasteiger partial charge in [-0.15, -0.1) is 0 Å². The Bertz CT molecular complexity index is 961. The average Bonchev–Trinajstić information content (AvgIpc) is 2.62. The molecule has 0 saturated carbocycles. The Hall–Kier alpha value is -3.12. The summed E-state index contributed by atoms with van der Waals surface area (Å²) in [6, 6.07) is 14.0. The maximum atomic E-state index is 12.4. The van der Waals surface area contributed by atoms with Crippen molar-refractivity contribution in [3.05, 3.63) is 70.1 Å². The smallest absolute Gasteiger partial charge is 0.349 e. The second-order valence-corrected chi connectivity index (χ2v) is 5.53. The summed E-state index contributed by atoms with van der Waals surface area (Å²) in [5.74, 6) is 0.0716. The molecule has 1 heterocycles. The van der Waals surface area contributed by atoms with Crippen LogP contribution < -0.4 is 21.0 Å². The predicted octanol–water partition coefficient (Wildman–Crippen LogP) is 2.77. The standard InChI is InChI=1S/C19H18N2O4/c1-20-11-12-3-6-14(7-4-12)21-18(22)16-9-13-5-8-15(24-2)10-17(13)25-19(16)23/h3-10,20H,11H2,1-2H3,(H,21,22). The molecule has 6 nitrogen and oxygen atoms in total. The zero-order valence-corrected chi connectivity index (χ0v) is 14.0. The highest BCUT2D eigenvalue weighted by molar-refractivity contribution is 6.05. The fraction of sp³-hybridized carbons (Fsp3) is 0.158. The Morgan fingerprint density at radius 2 is 1.88 bits per heavy atom. The largest absolute Gasteiger partial charge is 0.497 e. The average molecular weight is 338 g/mol. The van der Waals surface area contributed by atoms with Gasteiger partial charge < -0.3 is 19.8 Å². The maximum absolute atomic E-state index is 12.4. The molecule has 0 aliphatic carbocycles. The predicted molar refractivity (Wildman–Crippen MR) is 96.2 cm³/mol. The summed E-state index contributed by atoms with van der Waals surface area (Å²) in [4.78, 5) is 24.5. The van der Waals surface area contributed by atoms with Crippen molar-refractivity contribution in [2.75, 3.05) is 19.5 Å². The van der Waals surface area contributed by atoms with Crippen molar-refractivity contribution < 1.29 is 13.9 Å². The lowest BCUT2D eigenvalue weighted by atomic mass is 10.1. The Morgan fingerprint density at radius 3 is 2.56 bits per heavy atom. The molecule has 0 bridgehead atoms. The maximum Gasteiger partial charge on any atom is 0.349 e. The molecule has 128 valence electrons. The molecule has 0 atom stereocenters. The van der Waals surface area contributed by atoms with E-state index in [9.17, 15) is 9.59 Å². The first-order valence-corrected chi connectivity index (χ1v) is 7.77. The molecule has 0 radical (unpaired) electrons. The van der Waals surface area contributed by atoms with Crippen LogP contribution in [0.5, 0.6) is 5.75 Å². The van der Waals surface area contributed by atoms with Crippen LogP contribution in [0.2, 0.25) is 0 Å². The van der Waals surface area contributed by atoms with Gasteiger partial charge in [-0.1, -0.05) is 12.1 Å². The summed E-state index contributed by atoms with van der Waals surface area (Å²) in [5.41, 5.74) is 1.35. The van der Waals surface area contributed by atoms with Crippen molar-refractivity contribution in [1.82, 2.24) is 5.32 Å². The summed E-state index contributed by atoms with van der Waals surface area (Å²) in [7, 11) is 3.40. The lowest BCUT2D eigenvalue weighted by Gasteiger charge is -2.07. The van der Waals surface area contributed by atoms with Crippen LogP contribution in [0, 0.1) is 0 Å². The monoisotopic (exact) mass is 338 g/mol. The van der Waals surface area contributed by atoms with Crippen molar-refractivity contribution in [2.45, 2.75) is 6.54 Å². The van der Waals surface area contributed by atoms with E-state index in [0.29, 0.717) is 22.4 Å². The Labute approximate surface area is 144 Å². The summed E-state index contributed by atoms with van der Waals surface area (Å²) in [6.45, 7) is 0.742. The van der Waals surface area contributed by atoms with Crippen LogP contribution in [0.4, 0.5) is 5.69 Å². The molecular weight excluding hydrogens is 320 g/mol. The minimum Gasteiger partial charge on any atom is -0.497 e. The van der Waals surface area contributed by atoms with Crippen LogP contribution in [0.25, 0.3) is 11.0 Å². The number of amides is 1. The van der Waals surface area contributed by atoms with Gasteiger partial charge in [-0.2, -0.15) is 0 Å². The van der Waals surface area contributed by atoms with Crippen LogP contribution in [0.3, 0.4) is 0 Å². The van der Waals surface area contributed by atoms with Gasteiger partial charge in [-0.25, -0.2) is 4.79 Å². The molecule has 1 amide bonds. The molecule has 2 N–H and O–H groups in total. The van der Waals surface area contributed by atoms with Gasteiger partial charge in [-0.3, -0.25) is 4.79 Å². The minimum absolute atomic E-state index is 0.0445. The Kier molecular flexibility index (Phi) is 4.81. The second kappa shape index (κ2) is 7.19. The number of methoxy groups -OCH3 is 1. The fourth-order valence-electron chi connectivity index (χ4n) is 2.49. The van der Waals surface area contributed by atoms with Crippen molar-refractivity contribution in [3.8, 4) is 5.75 Å². The Morgan fingerprint density at radius 1 is 1.12 bits per heavy atom. The highest BCUT2D eigenvalue weighted by atomic mass is 16.5. The zero-order chi connectivity index (χ0) is 17.8. The molecule has 0 unspecified atom stereocenters. The number of fused-ring (bicyclic) bond motifs is 1. The molecule has 3 rings (SSSR count). The number of hydrogen-bond donors (Lipinski definition) is 2. The number of ether oxygens (including phenoxy) is 1. The van der Waals surface area contributed by atoms with Gasteiger partial charge in [0.15, 0.2) is 0 Å². The first-order valence-electron chi connectivity index (χ1n) is 7.77. The van der Waals surface area contributed by atoms with Crippen LogP contribution in [0.15, 0.2) is 57.7 Å². The Balaban J connectivity index is 1.86. The number of anilines is 1. The quantitative estimate of drug-likeness (QED) is 0.699. The normalized spacial score (nSPS) is 10.6. The molecule has 0 spiro atoms. The molecule has 2 aromatic carbocycles. The van der Waals surface area contributed by atoms with E-state index in [4.69, 9.17) is 9.15 Å². The van der Waals surface area contributed by atoms with Crippen molar-refractivity contribution >= 4 is 22.6 Å².